The molecule has 0 bridgehead atoms. The fourth-order valence-electron chi connectivity index (χ4n) is 1.90. The number of hydrogen-bond donors (Lipinski definition) is 2. The predicted octanol–water partition coefficient (Wildman–Crippen LogP) is 3.03. The van der Waals surface area contributed by atoms with Crippen LogP contribution in [0.15, 0.2) is 58.5 Å². The molecule has 0 aliphatic heterocycles. The molecule has 0 aliphatic carbocycles. The molecule has 0 fully saturated rings. The monoisotopic (exact) mass is 282 g/mol. The van der Waals surface area contributed by atoms with Crippen molar-refractivity contribution in [2.45, 2.75) is 6.92 Å². The Hall–Kier alpha value is -2.62. The lowest BCUT2D eigenvalue weighted by Gasteiger charge is -2.03. The van der Waals surface area contributed by atoms with Crippen LogP contribution in [0.2, 0.25) is 0 Å². The fourth-order valence-corrected chi connectivity index (χ4v) is 1.90. The lowest BCUT2D eigenvalue weighted by Crippen LogP contribution is -1.98. The number of nitrogens with zero attached hydrogens (tertiary/aromatic N) is 2. The van der Waals surface area contributed by atoms with E-state index in [-0.39, 0.29) is 11.5 Å². The quantitative estimate of drug-likeness (QED) is 0.654. The zero-order chi connectivity index (χ0) is 15.1. The van der Waals surface area contributed by atoms with E-state index in [0.717, 1.165) is 11.3 Å². The van der Waals surface area contributed by atoms with Gasteiger partial charge in [-0.25, -0.2) is 0 Å². The highest BCUT2D eigenvalue weighted by atomic mass is 16.3. The fraction of sp³-hybridized carbons (Fsp3) is 0.176. The molecular formula is C17H18N2O2. The Morgan fingerprint density at radius 3 is 2.33 bits per heavy atom. The average molecular weight is 282 g/mol. The standard InChI is InChI=1S/C17H18N2O2/c1-13(15-7-3-5-9-17(15)21)19-11-10-18-12-14-6-2-4-8-16(14)20/h2-9,12,20-21H,10-11H2,1H3. The van der Waals surface area contributed by atoms with Crippen molar-refractivity contribution in [2.24, 2.45) is 9.98 Å². The van der Waals surface area contributed by atoms with E-state index in [4.69, 9.17) is 0 Å². The summed E-state index contributed by atoms with van der Waals surface area (Å²) in [5, 5.41) is 19.3. The van der Waals surface area contributed by atoms with Crippen molar-refractivity contribution in [2.75, 3.05) is 13.1 Å². The second-order valence-corrected chi connectivity index (χ2v) is 4.58. The van der Waals surface area contributed by atoms with Crippen LogP contribution in [-0.2, 0) is 0 Å². The minimum absolute atomic E-state index is 0.218. The number of rotatable bonds is 5. The third-order valence-corrected chi connectivity index (χ3v) is 3.04. The molecule has 0 radical (unpaired) electrons. The Bertz CT molecular complexity index is 663. The zero-order valence-corrected chi connectivity index (χ0v) is 11.9. The van der Waals surface area contributed by atoms with Crippen molar-refractivity contribution in [1.82, 2.24) is 0 Å². The molecule has 0 saturated carbocycles. The number of benzene rings is 2. The van der Waals surface area contributed by atoms with Gasteiger partial charge in [0.1, 0.15) is 11.5 Å². The minimum atomic E-state index is 0.218. The SMILES string of the molecule is CC(=NCCN=Cc1ccccc1O)c1ccccc1O. The summed E-state index contributed by atoms with van der Waals surface area (Å²) in [4.78, 5) is 8.63. The van der Waals surface area contributed by atoms with Crippen molar-refractivity contribution in [3.05, 3.63) is 59.7 Å². The van der Waals surface area contributed by atoms with Crippen molar-refractivity contribution in [3.63, 3.8) is 0 Å². The second kappa shape index (κ2) is 7.24. The lowest BCUT2D eigenvalue weighted by atomic mass is 10.1. The molecule has 2 aromatic carbocycles. The Labute approximate surface area is 124 Å². The number of para-hydroxylation sites is 2. The Balaban J connectivity index is 1.91. The molecule has 0 spiro atoms. The summed E-state index contributed by atoms with van der Waals surface area (Å²) in [6.07, 6.45) is 1.64. The van der Waals surface area contributed by atoms with Crippen molar-refractivity contribution >= 4 is 11.9 Å². The van der Waals surface area contributed by atoms with Crippen LogP contribution in [0.5, 0.6) is 11.5 Å². The van der Waals surface area contributed by atoms with Crippen LogP contribution in [0.1, 0.15) is 18.1 Å². The van der Waals surface area contributed by atoms with Gasteiger partial charge in [0.05, 0.1) is 13.1 Å². The van der Waals surface area contributed by atoms with E-state index in [9.17, 15) is 10.2 Å². The van der Waals surface area contributed by atoms with E-state index >= 15 is 0 Å². The topological polar surface area (TPSA) is 65.2 Å². The van der Waals surface area contributed by atoms with Crippen molar-refractivity contribution < 1.29 is 10.2 Å². The van der Waals surface area contributed by atoms with E-state index in [1.54, 1.807) is 36.5 Å². The molecule has 2 N–H and O–H groups in total. The Kier molecular flexibility index (Phi) is 5.10. The molecule has 0 saturated heterocycles. The summed E-state index contributed by atoms with van der Waals surface area (Å²) < 4.78 is 0. The highest BCUT2D eigenvalue weighted by Gasteiger charge is 2.01. The van der Waals surface area contributed by atoms with Gasteiger partial charge < -0.3 is 10.2 Å². The average Bonchev–Trinajstić information content (AvgIpc) is 2.49. The van der Waals surface area contributed by atoms with Crippen LogP contribution in [0.4, 0.5) is 0 Å². The highest BCUT2D eigenvalue weighted by Crippen LogP contribution is 2.16. The maximum atomic E-state index is 9.72. The van der Waals surface area contributed by atoms with Gasteiger partial charge in [-0.05, 0) is 31.2 Å². The van der Waals surface area contributed by atoms with E-state index < -0.39 is 0 Å². The summed E-state index contributed by atoms with van der Waals surface area (Å²) in [6, 6.07) is 14.2. The predicted molar refractivity (Wildman–Crippen MR) is 85.8 cm³/mol. The maximum Gasteiger partial charge on any atom is 0.124 e. The first-order chi connectivity index (χ1) is 10.2. The Morgan fingerprint density at radius 2 is 1.62 bits per heavy atom. The van der Waals surface area contributed by atoms with Crippen molar-refractivity contribution in [1.29, 1.82) is 0 Å². The first-order valence-corrected chi connectivity index (χ1v) is 6.75. The van der Waals surface area contributed by atoms with Crippen LogP contribution in [0.25, 0.3) is 0 Å². The molecule has 4 heteroatoms. The molecule has 0 aromatic heterocycles. The van der Waals surface area contributed by atoms with Crippen LogP contribution < -0.4 is 0 Å². The van der Waals surface area contributed by atoms with Gasteiger partial charge in [0.2, 0.25) is 0 Å². The Morgan fingerprint density at radius 1 is 0.952 bits per heavy atom. The molecule has 108 valence electrons. The van der Waals surface area contributed by atoms with Gasteiger partial charge in [0, 0.05) is 23.1 Å². The molecule has 0 atom stereocenters. The highest BCUT2D eigenvalue weighted by molar-refractivity contribution is 6.01. The van der Waals surface area contributed by atoms with Gasteiger partial charge in [-0.2, -0.15) is 0 Å². The number of phenolic OH excluding ortho intramolecular Hbond substituents is 2. The number of hydrogen-bond acceptors (Lipinski definition) is 4. The van der Waals surface area contributed by atoms with Gasteiger partial charge in [0.15, 0.2) is 0 Å². The van der Waals surface area contributed by atoms with Crippen LogP contribution in [0.3, 0.4) is 0 Å². The third kappa shape index (κ3) is 4.18. The minimum Gasteiger partial charge on any atom is -0.507 e. The summed E-state index contributed by atoms with van der Waals surface area (Å²) in [7, 11) is 0. The molecular weight excluding hydrogens is 264 g/mol. The van der Waals surface area contributed by atoms with Gasteiger partial charge >= 0.3 is 0 Å². The largest absolute Gasteiger partial charge is 0.507 e. The van der Waals surface area contributed by atoms with Crippen LogP contribution in [-0.4, -0.2) is 35.2 Å². The van der Waals surface area contributed by atoms with Gasteiger partial charge in [-0.1, -0.05) is 24.3 Å². The number of aromatic hydroxyl groups is 2. The summed E-state index contributed by atoms with van der Waals surface area (Å²) in [5.41, 5.74) is 2.21. The third-order valence-electron chi connectivity index (χ3n) is 3.04. The normalized spacial score (nSPS) is 12.0. The summed E-state index contributed by atoms with van der Waals surface area (Å²) >= 11 is 0. The van der Waals surface area contributed by atoms with Crippen LogP contribution in [0, 0.1) is 0 Å². The molecule has 2 rings (SSSR count). The first-order valence-electron chi connectivity index (χ1n) is 6.75. The van der Waals surface area contributed by atoms with E-state index in [1.165, 1.54) is 0 Å². The first kappa shape index (κ1) is 14.8. The lowest BCUT2D eigenvalue weighted by molar-refractivity contribution is 0.473. The van der Waals surface area contributed by atoms with E-state index in [0.29, 0.717) is 18.7 Å². The molecule has 0 unspecified atom stereocenters. The van der Waals surface area contributed by atoms with E-state index in [1.807, 2.05) is 25.1 Å². The van der Waals surface area contributed by atoms with Crippen LogP contribution >= 0.6 is 0 Å². The molecule has 0 heterocycles. The van der Waals surface area contributed by atoms with Gasteiger partial charge in [-0.3, -0.25) is 9.98 Å². The summed E-state index contributed by atoms with van der Waals surface area (Å²) in [6.45, 7) is 2.92. The second-order valence-electron chi connectivity index (χ2n) is 4.58. The number of phenols is 2. The van der Waals surface area contributed by atoms with Gasteiger partial charge in [0.25, 0.3) is 0 Å². The maximum absolute atomic E-state index is 9.72. The number of aliphatic imine (C=N–C) groups is 2. The molecule has 4 nitrogen and oxygen atoms in total. The summed E-state index contributed by atoms with van der Waals surface area (Å²) in [5.74, 6) is 0.451. The molecule has 0 aliphatic rings. The van der Waals surface area contributed by atoms with E-state index in [2.05, 4.69) is 9.98 Å². The molecule has 0 amide bonds. The molecule has 2 aromatic rings. The zero-order valence-electron chi connectivity index (χ0n) is 11.9. The molecule has 21 heavy (non-hydrogen) atoms. The van der Waals surface area contributed by atoms with Gasteiger partial charge in [-0.15, -0.1) is 0 Å². The smallest absolute Gasteiger partial charge is 0.124 e. The van der Waals surface area contributed by atoms with Crippen molar-refractivity contribution in [3.8, 4) is 11.5 Å².